The van der Waals surface area contributed by atoms with Gasteiger partial charge in [-0.15, -0.1) is 0 Å². The quantitative estimate of drug-likeness (QED) is 0.585. The third-order valence-electron chi connectivity index (χ3n) is 1.73. The smallest absolute Gasteiger partial charge is 0.320 e. The fraction of sp³-hybridized carbons (Fsp3) is 0.833. The van der Waals surface area contributed by atoms with Gasteiger partial charge in [0.25, 0.3) is 0 Å². The molecular formula is C6H10FNO2. The van der Waals surface area contributed by atoms with Gasteiger partial charge >= 0.3 is 5.97 Å². The minimum Gasteiger partial charge on any atom is -0.480 e. The van der Waals surface area contributed by atoms with Crippen molar-refractivity contribution in [3.8, 4) is 0 Å². The second kappa shape index (κ2) is 2.96. The fourth-order valence-corrected chi connectivity index (χ4v) is 1.14. The fourth-order valence-electron chi connectivity index (χ4n) is 1.14. The van der Waals surface area contributed by atoms with E-state index in [1.807, 2.05) is 0 Å². The number of carbonyl (C=O) groups is 1. The van der Waals surface area contributed by atoms with E-state index in [-0.39, 0.29) is 6.04 Å². The van der Waals surface area contributed by atoms with E-state index in [0.29, 0.717) is 12.8 Å². The Morgan fingerprint density at radius 2 is 2.40 bits per heavy atom. The Bertz CT molecular complexity index is 140. The highest BCUT2D eigenvalue weighted by molar-refractivity contribution is 5.73. The zero-order valence-electron chi connectivity index (χ0n) is 5.51. The van der Waals surface area contributed by atoms with Crippen molar-refractivity contribution < 1.29 is 14.3 Å². The van der Waals surface area contributed by atoms with Crippen LogP contribution in [0.2, 0.25) is 0 Å². The molecule has 0 spiro atoms. The van der Waals surface area contributed by atoms with Crippen molar-refractivity contribution in [1.29, 1.82) is 0 Å². The first-order valence-electron chi connectivity index (χ1n) is 3.29. The molecule has 1 saturated heterocycles. The highest BCUT2D eigenvalue weighted by atomic mass is 19.1. The van der Waals surface area contributed by atoms with E-state index in [9.17, 15) is 9.18 Å². The molecular weight excluding hydrogens is 137 g/mol. The van der Waals surface area contributed by atoms with Gasteiger partial charge in [0.05, 0.1) is 0 Å². The number of hydrogen-bond donors (Lipinski definition) is 2. The third-order valence-corrected chi connectivity index (χ3v) is 1.73. The van der Waals surface area contributed by atoms with Crippen LogP contribution < -0.4 is 5.32 Å². The van der Waals surface area contributed by atoms with Crippen molar-refractivity contribution in [2.45, 2.75) is 24.9 Å². The maximum atomic E-state index is 11.9. The minimum absolute atomic E-state index is 0.235. The zero-order valence-corrected chi connectivity index (χ0v) is 5.51. The molecule has 0 aromatic rings. The minimum atomic E-state index is -0.879. The summed E-state index contributed by atoms with van der Waals surface area (Å²) >= 11 is 0. The molecule has 1 aliphatic heterocycles. The first-order chi connectivity index (χ1) is 4.74. The number of carboxylic acids is 1. The first kappa shape index (κ1) is 7.47. The van der Waals surface area contributed by atoms with E-state index in [1.165, 1.54) is 0 Å². The van der Waals surface area contributed by atoms with Gasteiger partial charge in [-0.05, 0) is 12.8 Å². The Balaban J connectivity index is 2.35. The average molecular weight is 147 g/mol. The van der Waals surface area contributed by atoms with Crippen molar-refractivity contribution in [1.82, 2.24) is 5.32 Å². The van der Waals surface area contributed by atoms with Crippen LogP contribution in [0.15, 0.2) is 0 Å². The summed E-state index contributed by atoms with van der Waals surface area (Å²) < 4.78 is 11.9. The first-order valence-corrected chi connectivity index (χ1v) is 3.29. The molecule has 10 heavy (non-hydrogen) atoms. The van der Waals surface area contributed by atoms with Crippen molar-refractivity contribution in [3.63, 3.8) is 0 Å². The molecule has 0 aromatic carbocycles. The molecule has 0 amide bonds. The van der Waals surface area contributed by atoms with Gasteiger partial charge in [-0.2, -0.15) is 0 Å². The summed E-state index contributed by atoms with van der Waals surface area (Å²) in [5, 5.41) is 11.1. The Morgan fingerprint density at radius 3 is 2.70 bits per heavy atom. The summed E-state index contributed by atoms with van der Waals surface area (Å²) in [5.41, 5.74) is 0. The summed E-state index contributed by atoms with van der Waals surface area (Å²) in [5.74, 6) is -0.879. The number of hydrogen-bond acceptors (Lipinski definition) is 2. The molecule has 4 heteroatoms. The van der Waals surface area contributed by atoms with Crippen molar-refractivity contribution in [2.24, 2.45) is 0 Å². The summed E-state index contributed by atoms with van der Waals surface area (Å²) in [4.78, 5) is 10.3. The molecule has 0 saturated carbocycles. The Morgan fingerprint density at radius 1 is 1.70 bits per heavy atom. The molecule has 2 N–H and O–H groups in total. The lowest BCUT2D eigenvalue weighted by Crippen LogP contribution is -2.36. The van der Waals surface area contributed by atoms with Crippen LogP contribution in [0.3, 0.4) is 0 Å². The summed E-state index contributed by atoms with van der Waals surface area (Å²) in [6.45, 7) is -0.468. The van der Waals surface area contributed by atoms with Gasteiger partial charge < -0.3 is 5.11 Å². The number of aliphatic carboxylic acids is 1. The molecule has 0 aliphatic carbocycles. The maximum absolute atomic E-state index is 11.9. The Kier molecular flexibility index (Phi) is 2.21. The molecule has 1 aliphatic rings. The monoisotopic (exact) mass is 147 g/mol. The van der Waals surface area contributed by atoms with Crippen LogP contribution in [0.1, 0.15) is 12.8 Å². The SMILES string of the molecule is O=C(O)[C@@H]1CC[C@H](CF)N1. The van der Waals surface area contributed by atoms with Crippen LogP contribution in [0.25, 0.3) is 0 Å². The number of nitrogens with one attached hydrogen (secondary N) is 1. The van der Waals surface area contributed by atoms with Crippen LogP contribution in [0, 0.1) is 0 Å². The zero-order chi connectivity index (χ0) is 7.56. The summed E-state index contributed by atoms with van der Waals surface area (Å²) in [6, 6.07) is -0.762. The topological polar surface area (TPSA) is 49.3 Å². The van der Waals surface area contributed by atoms with E-state index < -0.39 is 18.7 Å². The third kappa shape index (κ3) is 1.44. The van der Waals surface area contributed by atoms with E-state index in [4.69, 9.17) is 5.11 Å². The van der Waals surface area contributed by atoms with E-state index >= 15 is 0 Å². The maximum Gasteiger partial charge on any atom is 0.320 e. The van der Waals surface area contributed by atoms with Gasteiger partial charge in [0, 0.05) is 6.04 Å². The number of halogens is 1. The molecule has 0 aromatic heterocycles. The predicted molar refractivity (Wildman–Crippen MR) is 33.6 cm³/mol. The van der Waals surface area contributed by atoms with E-state index in [0.717, 1.165) is 0 Å². The van der Waals surface area contributed by atoms with Crippen LogP contribution in [0.5, 0.6) is 0 Å². The number of alkyl halides is 1. The Hall–Kier alpha value is -0.640. The lowest BCUT2D eigenvalue weighted by Gasteiger charge is -2.05. The van der Waals surface area contributed by atoms with E-state index in [1.54, 1.807) is 0 Å². The molecule has 1 fully saturated rings. The van der Waals surface area contributed by atoms with Crippen LogP contribution in [0.4, 0.5) is 4.39 Å². The summed E-state index contributed by atoms with van der Waals surface area (Å²) in [6.07, 6.45) is 1.18. The number of carboxylic acid groups (broad SMARTS) is 1. The van der Waals surface area contributed by atoms with Gasteiger partial charge in [-0.25, -0.2) is 4.39 Å². The van der Waals surface area contributed by atoms with Crippen LogP contribution in [-0.4, -0.2) is 29.8 Å². The van der Waals surface area contributed by atoms with Gasteiger partial charge in [-0.3, -0.25) is 10.1 Å². The molecule has 58 valence electrons. The molecule has 3 nitrogen and oxygen atoms in total. The Labute approximate surface area is 58.2 Å². The lowest BCUT2D eigenvalue weighted by atomic mass is 10.2. The lowest BCUT2D eigenvalue weighted by molar-refractivity contribution is -0.139. The molecule has 0 radical (unpaired) electrons. The molecule has 0 unspecified atom stereocenters. The van der Waals surface area contributed by atoms with Crippen LogP contribution >= 0.6 is 0 Å². The summed E-state index contributed by atoms with van der Waals surface area (Å²) in [7, 11) is 0. The van der Waals surface area contributed by atoms with E-state index in [2.05, 4.69) is 5.32 Å². The van der Waals surface area contributed by atoms with Crippen LogP contribution in [-0.2, 0) is 4.79 Å². The molecule has 1 rings (SSSR count). The van der Waals surface area contributed by atoms with Gasteiger partial charge in [0.2, 0.25) is 0 Å². The van der Waals surface area contributed by atoms with Gasteiger partial charge in [0.15, 0.2) is 0 Å². The number of rotatable bonds is 2. The average Bonchev–Trinajstić information content (AvgIpc) is 2.34. The molecule has 0 bridgehead atoms. The predicted octanol–water partition coefficient (Wildman–Crippen LogP) is 0.161. The van der Waals surface area contributed by atoms with Gasteiger partial charge in [-0.1, -0.05) is 0 Å². The van der Waals surface area contributed by atoms with Crippen molar-refractivity contribution in [2.75, 3.05) is 6.67 Å². The highest BCUT2D eigenvalue weighted by Gasteiger charge is 2.28. The molecule has 2 atom stereocenters. The normalized spacial score (nSPS) is 32.5. The standard InChI is InChI=1S/C6H10FNO2/c7-3-4-1-2-5(8-4)6(9)10/h4-5,8H,1-3H2,(H,9,10)/t4-,5+/m1/s1. The van der Waals surface area contributed by atoms with Crippen molar-refractivity contribution >= 4 is 5.97 Å². The second-order valence-corrected chi connectivity index (χ2v) is 2.49. The molecule has 1 heterocycles. The highest BCUT2D eigenvalue weighted by Crippen LogP contribution is 2.12. The second-order valence-electron chi connectivity index (χ2n) is 2.49. The largest absolute Gasteiger partial charge is 0.480 e. The van der Waals surface area contributed by atoms with Gasteiger partial charge in [0.1, 0.15) is 12.7 Å². The van der Waals surface area contributed by atoms with Crippen molar-refractivity contribution in [3.05, 3.63) is 0 Å².